The van der Waals surface area contributed by atoms with Crippen LogP contribution in [-0.4, -0.2) is 10.2 Å². The van der Waals surface area contributed by atoms with E-state index in [1.807, 2.05) is 12.1 Å². The molecular formula is C20H16O5. The molecular weight excluding hydrogens is 320 g/mol. The van der Waals surface area contributed by atoms with Crippen LogP contribution in [0.25, 0.3) is 33.1 Å². The highest BCUT2D eigenvalue weighted by Crippen LogP contribution is 2.30. The van der Waals surface area contributed by atoms with E-state index in [-0.39, 0.29) is 11.2 Å². The van der Waals surface area contributed by atoms with E-state index in [0.717, 1.165) is 5.39 Å². The van der Waals surface area contributed by atoms with Crippen LogP contribution >= 0.6 is 0 Å². The third-order valence-electron chi connectivity index (χ3n) is 4.19. The molecule has 4 rings (SSSR count). The van der Waals surface area contributed by atoms with Crippen molar-refractivity contribution < 1.29 is 19.0 Å². The van der Waals surface area contributed by atoms with Gasteiger partial charge in [-0.2, -0.15) is 0 Å². The number of fused-ring (bicyclic) bond motifs is 2. The molecule has 5 nitrogen and oxygen atoms in total. The normalized spacial score (nSPS) is 12.1. The molecule has 0 aliphatic carbocycles. The van der Waals surface area contributed by atoms with Crippen LogP contribution in [0.15, 0.2) is 62.4 Å². The molecule has 0 unspecified atom stereocenters. The molecule has 2 heterocycles. The van der Waals surface area contributed by atoms with Gasteiger partial charge in [0.1, 0.15) is 34.5 Å². The number of furan rings is 1. The Kier molecular flexibility index (Phi) is 3.23. The number of phenols is 1. The van der Waals surface area contributed by atoms with Gasteiger partial charge in [-0.05, 0) is 43.7 Å². The van der Waals surface area contributed by atoms with Crippen LogP contribution in [0.3, 0.4) is 0 Å². The molecule has 0 saturated heterocycles. The summed E-state index contributed by atoms with van der Waals surface area (Å²) in [6.07, 6.45) is 1.38. The summed E-state index contributed by atoms with van der Waals surface area (Å²) in [5.41, 5.74) is 0.712. The molecule has 0 bridgehead atoms. The molecule has 0 amide bonds. The molecule has 0 aliphatic rings. The lowest BCUT2D eigenvalue weighted by Gasteiger charge is -2.12. The van der Waals surface area contributed by atoms with Gasteiger partial charge in [-0.15, -0.1) is 0 Å². The van der Waals surface area contributed by atoms with Crippen molar-refractivity contribution in [1.82, 2.24) is 0 Å². The number of rotatable bonds is 2. The predicted molar refractivity (Wildman–Crippen MR) is 94.6 cm³/mol. The Balaban J connectivity index is 1.89. The summed E-state index contributed by atoms with van der Waals surface area (Å²) in [6, 6.07) is 11.6. The number of aromatic hydroxyl groups is 1. The second-order valence-corrected chi connectivity index (χ2v) is 6.58. The number of aliphatic hydroxyl groups is 1. The third kappa shape index (κ3) is 2.58. The molecule has 0 spiro atoms. The molecule has 25 heavy (non-hydrogen) atoms. The molecule has 5 heteroatoms. The highest BCUT2D eigenvalue weighted by molar-refractivity contribution is 5.87. The maximum atomic E-state index is 12.7. The first kappa shape index (κ1) is 15.5. The molecule has 2 aromatic carbocycles. The summed E-state index contributed by atoms with van der Waals surface area (Å²) >= 11 is 0. The first-order valence-electron chi connectivity index (χ1n) is 7.84. The van der Waals surface area contributed by atoms with Gasteiger partial charge >= 0.3 is 0 Å². The van der Waals surface area contributed by atoms with Gasteiger partial charge in [-0.25, -0.2) is 0 Å². The van der Waals surface area contributed by atoms with Crippen molar-refractivity contribution in [1.29, 1.82) is 0 Å². The average molecular weight is 336 g/mol. The fraction of sp³-hybridized carbons (Fsp3) is 0.150. The van der Waals surface area contributed by atoms with Crippen LogP contribution in [0.5, 0.6) is 5.75 Å². The number of hydrogen-bond donors (Lipinski definition) is 2. The first-order valence-corrected chi connectivity index (χ1v) is 7.84. The van der Waals surface area contributed by atoms with Gasteiger partial charge in [0.2, 0.25) is 0 Å². The lowest BCUT2D eigenvalue weighted by Crippen LogP contribution is -2.13. The number of phenolic OH excluding ortho intramolecular Hbond substituents is 1. The largest absolute Gasteiger partial charge is 0.508 e. The van der Waals surface area contributed by atoms with Gasteiger partial charge in [-0.3, -0.25) is 4.79 Å². The Hall–Kier alpha value is -3.05. The Morgan fingerprint density at radius 1 is 1.00 bits per heavy atom. The van der Waals surface area contributed by atoms with Crippen LogP contribution in [-0.2, 0) is 5.60 Å². The van der Waals surface area contributed by atoms with E-state index in [2.05, 4.69) is 0 Å². The molecule has 0 fully saturated rings. The van der Waals surface area contributed by atoms with Crippen LogP contribution < -0.4 is 5.43 Å². The molecule has 2 aromatic heterocycles. The van der Waals surface area contributed by atoms with E-state index in [1.54, 1.807) is 26.0 Å². The summed E-state index contributed by atoms with van der Waals surface area (Å²) < 4.78 is 11.2. The minimum Gasteiger partial charge on any atom is -0.508 e. The molecule has 0 radical (unpaired) electrons. The summed E-state index contributed by atoms with van der Waals surface area (Å²) in [6.45, 7) is 3.30. The van der Waals surface area contributed by atoms with E-state index in [9.17, 15) is 15.0 Å². The topological polar surface area (TPSA) is 83.8 Å². The summed E-state index contributed by atoms with van der Waals surface area (Å²) in [5, 5.41) is 20.8. The van der Waals surface area contributed by atoms with E-state index in [4.69, 9.17) is 8.83 Å². The molecule has 0 aliphatic heterocycles. The van der Waals surface area contributed by atoms with Crippen molar-refractivity contribution in [3.63, 3.8) is 0 Å². The minimum atomic E-state index is -1.08. The smallest absolute Gasteiger partial charge is 0.200 e. The number of hydrogen-bond acceptors (Lipinski definition) is 5. The van der Waals surface area contributed by atoms with Crippen LogP contribution in [0, 0.1) is 0 Å². The van der Waals surface area contributed by atoms with E-state index >= 15 is 0 Å². The highest BCUT2D eigenvalue weighted by atomic mass is 16.4. The van der Waals surface area contributed by atoms with Crippen LogP contribution in [0.2, 0.25) is 0 Å². The van der Waals surface area contributed by atoms with Crippen LogP contribution in [0.1, 0.15) is 19.6 Å². The average Bonchev–Trinajstić information content (AvgIpc) is 2.98. The van der Waals surface area contributed by atoms with Gasteiger partial charge < -0.3 is 19.0 Å². The van der Waals surface area contributed by atoms with E-state index < -0.39 is 5.60 Å². The zero-order chi connectivity index (χ0) is 17.8. The predicted octanol–water partition coefficient (Wildman–Crippen LogP) is 4.14. The van der Waals surface area contributed by atoms with Crippen LogP contribution in [0.4, 0.5) is 0 Å². The van der Waals surface area contributed by atoms with Crippen molar-refractivity contribution in [2.45, 2.75) is 19.4 Å². The van der Waals surface area contributed by atoms with Gasteiger partial charge in [0.15, 0.2) is 5.43 Å². The Bertz CT molecular complexity index is 1160. The zero-order valence-corrected chi connectivity index (χ0v) is 13.7. The van der Waals surface area contributed by atoms with Crippen molar-refractivity contribution in [3.8, 4) is 16.9 Å². The fourth-order valence-corrected chi connectivity index (χ4v) is 2.82. The second kappa shape index (κ2) is 5.22. The van der Waals surface area contributed by atoms with Crippen molar-refractivity contribution in [3.05, 3.63) is 64.7 Å². The number of benzene rings is 2. The monoisotopic (exact) mass is 336 g/mol. The fourth-order valence-electron chi connectivity index (χ4n) is 2.82. The first-order chi connectivity index (χ1) is 11.8. The standard InChI is InChI=1S/C20H16O5/c1-20(2,23)18-8-12-4-3-11(7-16(12)25-18)15-10-24-17-9-13(21)5-6-14(17)19(15)22/h3-10,21,23H,1-2H3. The summed E-state index contributed by atoms with van der Waals surface area (Å²) in [4.78, 5) is 12.7. The van der Waals surface area contributed by atoms with Crippen molar-refractivity contribution in [2.75, 3.05) is 0 Å². The van der Waals surface area contributed by atoms with E-state index in [0.29, 0.717) is 33.4 Å². The maximum absolute atomic E-state index is 12.7. The SMILES string of the molecule is CC(C)(O)c1cc2ccc(-c3coc4cc(O)ccc4c3=O)cc2o1. The van der Waals surface area contributed by atoms with Gasteiger partial charge in [-0.1, -0.05) is 12.1 Å². The highest BCUT2D eigenvalue weighted by Gasteiger charge is 2.21. The minimum absolute atomic E-state index is 0.0413. The quantitative estimate of drug-likeness (QED) is 0.575. The Morgan fingerprint density at radius 3 is 2.56 bits per heavy atom. The van der Waals surface area contributed by atoms with E-state index in [1.165, 1.54) is 24.5 Å². The van der Waals surface area contributed by atoms with Gasteiger partial charge in [0.25, 0.3) is 0 Å². The molecule has 2 N–H and O–H groups in total. The molecule has 126 valence electrons. The molecule has 4 aromatic rings. The van der Waals surface area contributed by atoms with Crippen molar-refractivity contribution >= 4 is 21.9 Å². The van der Waals surface area contributed by atoms with Crippen molar-refractivity contribution in [2.24, 2.45) is 0 Å². The molecule has 0 saturated carbocycles. The van der Waals surface area contributed by atoms with Gasteiger partial charge in [0.05, 0.1) is 10.9 Å². The molecule has 0 atom stereocenters. The second-order valence-electron chi connectivity index (χ2n) is 6.58. The third-order valence-corrected chi connectivity index (χ3v) is 4.19. The summed E-state index contributed by atoms with van der Waals surface area (Å²) in [5.74, 6) is 0.500. The maximum Gasteiger partial charge on any atom is 0.200 e. The lowest BCUT2D eigenvalue weighted by atomic mass is 10.0. The summed E-state index contributed by atoms with van der Waals surface area (Å²) in [7, 11) is 0. The van der Waals surface area contributed by atoms with Gasteiger partial charge in [0, 0.05) is 11.5 Å². The Morgan fingerprint density at radius 2 is 1.80 bits per heavy atom. The Labute approximate surface area is 142 Å². The zero-order valence-electron chi connectivity index (χ0n) is 13.7. The lowest BCUT2D eigenvalue weighted by molar-refractivity contribution is 0.0559.